The van der Waals surface area contributed by atoms with Gasteiger partial charge in [-0.25, -0.2) is 4.39 Å². The van der Waals surface area contributed by atoms with Gasteiger partial charge in [0.15, 0.2) is 0 Å². The number of amides is 1. The Kier molecular flexibility index (Phi) is 5.81. The summed E-state index contributed by atoms with van der Waals surface area (Å²) in [5.41, 5.74) is 1.14. The second kappa shape index (κ2) is 7.42. The van der Waals surface area contributed by atoms with Crippen LogP contribution in [0.4, 0.5) is 4.39 Å². The predicted octanol–water partition coefficient (Wildman–Crippen LogP) is 2.93. The number of benzene rings is 1. The van der Waals surface area contributed by atoms with E-state index in [0.29, 0.717) is 6.54 Å². The van der Waals surface area contributed by atoms with E-state index in [1.54, 1.807) is 0 Å². The van der Waals surface area contributed by atoms with Crippen LogP contribution in [-0.4, -0.2) is 25.0 Å². The summed E-state index contributed by atoms with van der Waals surface area (Å²) in [4.78, 5) is 12.2. The van der Waals surface area contributed by atoms with Crippen LogP contribution >= 0.6 is 12.4 Å². The molecule has 1 aromatic carbocycles. The van der Waals surface area contributed by atoms with Gasteiger partial charge in [-0.05, 0) is 49.9 Å². The third kappa shape index (κ3) is 3.61. The fourth-order valence-corrected chi connectivity index (χ4v) is 3.71. The molecule has 1 heterocycles. The van der Waals surface area contributed by atoms with Gasteiger partial charge in [-0.15, -0.1) is 12.4 Å². The normalized spacial score (nSPS) is 23.0. The highest BCUT2D eigenvalue weighted by Gasteiger charge is 2.36. The van der Waals surface area contributed by atoms with E-state index in [1.165, 1.54) is 25.0 Å². The Hall–Kier alpha value is -1.13. The fraction of sp³-hybridized carbons (Fsp3) is 0.588. The summed E-state index contributed by atoms with van der Waals surface area (Å²) in [7, 11) is 0. The third-order valence-electron chi connectivity index (χ3n) is 5.00. The SMILES string of the molecule is Cl.O=C(NCC1(c2ccc(F)cc2)CCCC1)C1CCCN1. The van der Waals surface area contributed by atoms with Crippen molar-refractivity contribution in [1.82, 2.24) is 10.6 Å². The van der Waals surface area contributed by atoms with Gasteiger partial charge in [0, 0.05) is 12.0 Å². The summed E-state index contributed by atoms with van der Waals surface area (Å²) in [6.45, 7) is 1.59. The summed E-state index contributed by atoms with van der Waals surface area (Å²) in [6.07, 6.45) is 6.48. The maximum Gasteiger partial charge on any atom is 0.237 e. The van der Waals surface area contributed by atoms with E-state index < -0.39 is 0 Å². The molecule has 3 rings (SSSR count). The van der Waals surface area contributed by atoms with Crippen LogP contribution in [0.1, 0.15) is 44.1 Å². The maximum atomic E-state index is 13.1. The number of nitrogens with one attached hydrogen (secondary N) is 2. The molecular formula is C17H24ClFN2O. The molecule has 1 aliphatic heterocycles. The highest BCUT2D eigenvalue weighted by atomic mass is 35.5. The number of hydrogen-bond acceptors (Lipinski definition) is 2. The van der Waals surface area contributed by atoms with E-state index in [1.807, 2.05) is 12.1 Å². The van der Waals surface area contributed by atoms with Crippen LogP contribution in [0.5, 0.6) is 0 Å². The first-order valence-corrected chi connectivity index (χ1v) is 7.97. The quantitative estimate of drug-likeness (QED) is 0.893. The van der Waals surface area contributed by atoms with Gasteiger partial charge < -0.3 is 10.6 Å². The van der Waals surface area contributed by atoms with Gasteiger partial charge in [0.05, 0.1) is 6.04 Å². The van der Waals surface area contributed by atoms with Gasteiger partial charge >= 0.3 is 0 Å². The van der Waals surface area contributed by atoms with Crippen LogP contribution in [0, 0.1) is 5.82 Å². The van der Waals surface area contributed by atoms with Crippen molar-refractivity contribution >= 4 is 18.3 Å². The Morgan fingerprint density at radius 3 is 2.50 bits per heavy atom. The molecule has 1 amide bonds. The second-order valence-electron chi connectivity index (χ2n) is 6.36. The molecule has 2 aliphatic rings. The van der Waals surface area contributed by atoms with Gasteiger partial charge in [0.1, 0.15) is 5.82 Å². The zero-order valence-electron chi connectivity index (χ0n) is 12.7. The van der Waals surface area contributed by atoms with E-state index >= 15 is 0 Å². The number of carbonyl (C=O) groups is 1. The van der Waals surface area contributed by atoms with Gasteiger partial charge in [-0.1, -0.05) is 25.0 Å². The van der Waals surface area contributed by atoms with Crippen LogP contribution < -0.4 is 10.6 Å². The van der Waals surface area contributed by atoms with E-state index in [-0.39, 0.29) is 35.6 Å². The molecule has 2 fully saturated rings. The molecule has 0 radical (unpaired) electrons. The fourth-order valence-electron chi connectivity index (χ4n) is 3.71. The highest BCUT2D eigenvalue weighted by Crippen LogP contribution is 2.40. The molecule has 3 nitrogen and oxygen atoms in total. The van der Waals surface area contributed by atoms with Crippen LogP contribution in [0.3, 0.4) is 0 Å². The van der Waals surface area contributed by atoms with E-state index in [9.17, 15) is 9.18 Å². The molecule has 122 valence electrons. The zero-order chi connectivity index (χ0) is 14.7. The van der Waals surface area contributed by atoms with E-state index in [2.05, 4.69) is 10.6 Å². The minimum atomic E-state index is -0.203. The highest BCUT2D eigenvalue weighted by molar-refractivity contribution is 5.85. The molecule has 1 saturated heterocycles. The average molecular weight is 327 g/mol. The number of halogens is 2. The molecule has 5 heteroatoms. The lowest BCUT2D eigenvalue weighted by Crippen LogP contribution is -2.46. The molecule has 2 N–H and O–H groups in total. The van der Waals surface area contributed by atoms with E-state index in [0.717, 1.165) is 37.8 Å². The van der Waals surface area contributed by atoms with Gasteiger partial charge in [-0.2, -0.15) is 0 Å². The molecule has 1 aliphatic carbocycles. The molecule has 0 aromatic heterocycles. The first-order chi connectivity index (χ1) is 10.2. The standard InChI is InChI=1S/C17H23FN2O.ClH/c18-14-7-5-13(6-8-14)17(9-1-2-10-17)12-20-16(21)15-4-3-11-19-15;/h5-8,15,19H,1-4,9-12H2,(H,20,21);1H. The Labute approximate surface area is 137 Å². The van der Waals surface area contributed by atoms with Crippen LogP contribution in [0.15, 0.2) is 24.3 Å². The second-order valence-corrected chi connectivity index (χ2v) is 6.36. The van der Waals surface area contributed by atoms with Crippen LogP contribution in [0.2, 0.25) is 0 Å². The number of hydrogen-bond donors (Lipinski definition) is 2. The van der Waals surface area contributed by atoms with Gasteiger partial charge in [-0.3, -0.25) is 4.79 Å². The van der Waals surface area contributed by atoms with E-state index in [4.69, 9.17) is 0 Å². The van der Waals surface area contributed by atoms with Crippen molar-refractivity contribution in [1.29, 1.82) is 0 Å². The van der Waals surface area contributed by atoms with Crippen molar-refractivity contribution in [3.05, 3.63) is 35.6 Å². The average Bonchev–Trinajstić information content (AvgIpc) is 3.18. The van der Waals surface area contributed by atoms with Crippen molar-refractivity contribution in [3.63, 3.8) is 0 Å². The van der Waals surface area contributed by atoms with Crippen molar-refractivity contribution in [3.8, 4) is 0 Å². The largest absolute Gasteiger partial charge is 0.354 e. The van der Waals surface area contributed by atoms with Crippen molar-refractivity contribution < 1.29 is 9.18 Å². The van der Waals surface area contributed by atoms with Crippen molar-refractivity contribution in [2.45, 2.75) is 50.0 Å². The topological polar surface area (TPSA) is 41.1 Å². The molecule has 22 heavy (non-hydrogen) atoms. The lowest BCUT2D eigenvalue weighted by molar-refractivity contribution is -0.123. The first kappa shape index (κ1) is 17.2. The molecule has 1 unspecified atom stereocenters. The Bertz CT molecular complexity index is 494. The summed E-state index contributed by atoms with van der Waals surface area (Å²) in [5, 5.41) is 6.36. The summed E-state index contributed by atoms with van der Waals surface area (Å²) < 4.78 is 13.1. The Balaban J connectivity index is 0.00000176. The summed E-state index contributed by atoms with van der Waals surface area (Å²) in [5.74, 6) is -0.0908. The van der Waals surface area contributed by atoms with Crippen LogP contribution in [0.25, 0.3) is 0 Å². The minimum absolute atomic E-state index is 0. The molecular weight excluding hydrogens is 303 g/mol. The Morgan fingerprint density at radius 2 is 1.91 bits per heavy atom. The van der Waals surface area contributed by atoms with Crippen molar-refractivity contribution in [2.75, 3.05) is 13.1 Å². The maximum absolute atomic E-state index is 13.1. The summed E-state index contributed by atoms with van der Waals surface area (Å²) >= 11 is 0. The predicted molar refractivity (Wildman–Crippen MR) is 87.8 cm³/mol. The van der Waals surface area contributed by atoms with Crippen LogP contribution in [-0.2, 0) is 10.2 Å². The lowest BCUT2D eigenvalue weighted by Gasteiger charge is -2.30. The lowest BCUT2D eigenvalue weighted by atomic mass is 9.78. The summed E-state index contributed by atoms with van der Waals surface area (Å²) in [6, 6.07) is 6.77. The number of rotatable bonds is 4. The molecule has 1 atom stereocenters. The molecule has 0 bridgehead atoms. The molecule has 0 spiro atoms. The first-order valence-electron chi connectivity index (χ1n) is 7.97. The minimum Gasteiger partial charge on any atom is -0.354 e. The number of carbonyl (C=O) groups excluding carboxylic acids is 1. The molecule has 1 aromatic rings. The van der Waals surface area contributed by atoms with Gasteiger partial charge in [0.2, 0.25) is 5.91 Å². The third-order valence-corrected chi connectivity index (χ3v) is 5.00. The Morgan fingerprint density at radius 1 is 1.23 bits per heavy atom. The monoisotopic (exact) mass is 326 g/mol. The smallest absolute Gasteiger partial charge is 0.237 e. The zero-order valence-corrected chi connectivity index (χ0v) is 13.6. The van der Waals surface area contributed by atoms with Crippen molar-refractivity contribution in [2.24, 2.45) is 0 Å². The van der Waals surface area contributed by atoms with Gasteiger partial charge in [0.25, 0.3) is 0 Å². The molecule has 1 saturated carbocycles.